The summed E-state index contributed by atoms with van der Waals surface area (Å²) < 4.78 is 0. The number of anilines is 1. The van der Waals surface area contributed by atoms with Crippen LogP contribution in [0.15, 0.2) is 12.4 Å². The van der Waals surface area contributed by atoms with E-state index in [0.29, 0.717) is 5.69 Å². The topological polar surface area (TPSA) is 58.1 Å². The van der Waals surface area contributed by atoms with Crippen LogP contribution in [0, 0.1) is 0 Å². The molecule has 1 N–H and O–H groups in total. The second-order valence-electron chi connectivity index (χ2n) is 4.74. The summed E-state index contributed by atoms with van der Waals surface area (Å²) in [7, 11) is 0. The standard InChI is InChI=1S/C13H20N4O/c1-3-10(2)16-13(18)11-8-15-12(9-14-11)17-6-4-5-7-17/h8-10H,3-7H2,1-2H3,(H,16,18). The van der Waals surface area contributed by atoms with Crippen molar-refractivity contribution >= 4 is 11.7 Å². The Morgan fingerprint density at radius 1 is 1.39 bits per heavy atom. The lowest BCUT2D eigenvalue weighted by atomic mass is 10.2. The van der Waals surface area contributed by atoms with E-state index in [2.05, 4.69) is 20.2 Å². The molecule has 1 aliphatic heterocycles. The summed E-state index contributed by atoms with van der Waals surface area (Å²) in [4.78, 5) is 22.5. The number of hydrogen-bond donors (Lipinski definition) is 1. The zero-order valence-corrected chi connectivity index (χ0v) is 11.0. The number of nitrogens with one attached hydrogen (secondary N) is 1. The minimum Gasteiger partial charge on any atom is -0.355 e. The summed E-state index contributed by atoms with van der Waals surface area (Å²) in [6, 6.07) is 0.164. The predicted octanol–water partition coefficient (Wildman–Crippen LogP) is 1.61. The molecule has 0 saturated carbocycles. The highest BCUT2D eigenvalue weighted by atomic mass is 16.1. The molecule has 0 spiro atoms. The summed E-state index contributed by atoms with van der Waals surface area (Å²) >= 11 is 0. The van der Waals surface area contributed by atoms with Crippen LogP contribution in [0.25, 0.3) is 0 Å². The summed E-state index contributed by atoms with van der Waals surface area (Å²) in [5.41, 5.74) is 0.387. The molecule has 1 fully saturated rings. The van der Waals surface area contributed by atoms with Crippen molar-refractivity contribution in [3.8, 4) is 0 Å². The van der Waals surface area contributed by atoms with Crippen LogP contribution in [-0.4, -0.2) is 35.0 Å². The van der Waals surface area contributed by atoms with Crippen molar-refractivity contribution < 1.29 is 4.79 Å². The largest absolute Gasteiger partial charge is 0.355 e. The second-order valence-corrected chi connectivity index (χ2v) is 4.74. The number of carbonyl (C=O) groups is 1. The molecule has 5 heteroatoms. The van der Waals surface area contributed by atoms with Gasteiger partial charge in [0.1, 0.15) is 11.5 Å². The van der Waals surface area contributed by atoms with Crippen LogP contribution in [-0.2, 0) is 0 Å². The Balaban J connectivity index is 2.00. The molecular weight excluding hydrogens is 228 g/mol. The van der Waals surface area contributed by atoms with Crippen molar-refractivity contribution in [3.63, 3.8) is 0 Å². The average Bonchev–Trinajstić information content (AvgIpc) is 2.92. The maximum atomic E-state index is 11.8. The summed E-state index contributed by atoms with van der Waals surface area (Å²) in [5, 5.41) is 2.88. The van der Waals surface area contributed by atoms with E-state index in [9.17, 15) is 4.79 Å². The molecule has 0 aliphatic carbocycles. The van der Waals surface area contributed by atoms with Crippen LogP contribution < -0.4 is 10.2 Å². The lowest BCUT2D eigenvalue weighted by Crippen LogP contribution is -2.32. The highest BCUT2D eigenvalue weighted by Crippen LogP contribution is 2.16. The maximum absolute atomic E-state index is 11.8. The fraction of sp³-hybridized carbons (Fsp3) is 0.615. The van der Waals surface area contributed by atoms with E-state index in [1.807, 2.05) is 13.8 Å². The number of nitrogens with zero attached hydrogens (tertiary/aromatic N) is 3. The first-order valence-corrected chi connectivity index (χ1v) is 6.58. The van der Waals surface area contributed by atoms with Gasteiger partial charge in [0, 0.05) is 19.1 Å². The number of carbonyl (C=O) groups excluding carboxylic acids is 1. The number of amides is 1. The normalized spacial score (nSPS) is 16.7. The zero-order valence-electron chi connectivity index (χ0n) is 11.0. The van der Waals surface area contributed by atoms with Crippen LogP contribution in [0.5, 0.6) is 0 Å². The summed E-state index contributed by atoms with van der Waals surface area (Å²) in [6.45, 7) is 6.08. The Hall–Kier alpha value is -1.65. The van der Waals surface area contributed by atoms with Crippen LogP contribution in [0.2, 0.25) is 0 Å². The molecule has 1 amide bonds. The van der Waals surface area contributed by atoms with Gasteiger partial charge >= 0.3 is 0 Å². The fourth-order valence-electron chi connectivity index (χ4n) is 1.95. The summed E-state index contributed by atoms with van der Waals surface area (Å²) in [5.74, 6) is 0.720. The first-order valence-electron chi connectivity index (χ1n) is 6.58. The molecule has 0 aromatic carbocycles. The molecule has 2 heterocycles. The highest BCUT2D eigenvalue weighted by Gasteiger charge is 2.15. The van der Waals surface area contributed by atoms with Gasteiger partial charge in [0.05, 0.1) is 12.4 Å². The van der Waals surface area contributed by atoms with Crippen molar-refractivity contribution in [2.24, 2.45) is 0 Å². The SMILES string of the molecule is CCC(C)NC(=O)c1cnc(N2CCCC2)cn1. The highest BCUT2D eigenvalue weighted by molar-refractivity contribution is 5.92. The Morgan fingerprint density at radius 3 is 2.67 bits per heavy atom. The third-order valence-corrected chi connectivity index (χ3v) is 3.29. The van der Waals surface area contributed by atoms with E-state index < -0.39 is 0 Å². The minimum absolute atomic E-state index is 0.148. The van der Waals surface area contributed by atoms with Gasteiger partial charge in [-0.15, -0.1) is 0 Å². The Bertz CT molecular complexity index is 398. The molecule has 0 bridgehead atoms. The monoisotopic (exact) mass is 248 g/mol. The molecule has 1 aliphatic rings. The Labute approximate surface area is 108 Å². The van der Waals surface area contributed by atoms with E-state index >= 15 is 0 Å². The van der Waals surface area contributed by atoms with Gasteiger partial charge in [0.2, 0.25) is 0 Å². The molecule has 18 heavy (non-hydrogen) atoms. The van der Waals surface area contributed by atoms with Crippen LogP contribution in [0.3, 0.4) is 0 Å². The smallest absolute Gasteiger partial charge is 0.271 e. The molecule has 1 aromatic rings. The maximum Gasteiger partial charge on any atom is 0.271 e. The average molecular weight is 248 g/mol. The van der Waals surface area contributed by atoms with Gasteiger partial charge in [-0.25, -0.2) is 9.97 Å². The molecular formula is C13H20N4O. The molecule has 2 rings (SSSR count). The van der Waals surface area contributed by atoms with Gasteiger partial charge in [-0.05, 0) is 26.2 Å². The lowest BCUT2D eigenvalue weighted by Gasteiger charge is -2.16. The molecule has 98 valence electrons. The fourth-order valence-corrected chi connectivity index (χ4v) is 1.95. The third kappa shape index (κ3) is 2.97. The second kappa shape index (κ2) is 5.80. The first kappa shape index (κ1) is 12.8. The molecule has 1 saturated heterocycles. The van der Waals surface area contributed by atoms with Crippen molar-refractivity contribution in [1.82, 2.24) is 15.3 Å². The molecule has 1 atom stereocenters. The van der Waals surface area contributed by atoms with Crippen molar-refractivity contribution in [3.05, 3.63) is 18.1 Å². The first-order chi connectivity index (χ1) is 8.70. The minimum atomic E-state index is -0.148. The Morgan fingerprint density at radius 2 is 2.11 bits per heavy atom. The molecule has 0 radical (unpaired) electrons. The van der Waals surface area contributed by atoms with Crippen LogP contribution in [0.1, 0.15) is 43.6 Å². The quantitative estimate of drug-likeness (QED) is 0.879. The Kier molecular flexibility index (Phi) is 4.12. The molecule has 1 unspecified atom stereocenters. The molecule has 1 aromatic heterocycles. The van der Waals surface area contributed by atoms with Gasteiger partial charge in [0.15, 0.2) is 0 Å². The van der Waals surface area contributed by atoms with Gasteiger partial charge in [-0.1, -0.05) is 6.92 Å². The lowest BCUT2D eigenvalue weighted by molar-refractivity contribution is 0.0934. The van der Waals surface area contributed by atoms with Gasteiger partial charge in [0.25, 0.3) is 5.91 Å². The van der Waals surface area contributed by atoms with Crippen LogP contribution in [0.4, 0.5) is 5.82 Å². The van der Waals surface area contributed by atoms with E-state index in [1.54, 1.807) is 12.4 Å². The van der Waals surface area contributed by atoms with Crippen molar-refractivity contribution in [2.45, 2.75) is 39.2 Å². The van der Waals surface area contributed by atoms with E-state index in [0.717, 1.165) is 25.3 Å². The van der Waals surface area contributed by atoms with E-state index in [4.69, 9.17) is 0 Å². The van der Waals surface area contributed by atoms with E-state index in [1.165, 1.54) is 12.8 Å². The number of aromatic nitrogens is 2. The van der Waals surface area contributed by atoms with Crippen molar-refractivity contribution in [2.75, 3.05) is 18.0 Å². The molecule has 5 nitrogen and oxygen atoms in total. The summed E-state index contributed by atoms with van der Waals surface area (Å²) in [6.07, 6.45) is 6.57. The third-order valence-electron chi connectivity index (χ3n) is 3.29. The van der Waals surface area contributed by atoms with Gasteiger partial charge in [-0.3, -0.25) is 4.79 Å². The van der Waals surface area contributed by atoms with Crippen molar-refractivity contribution in [1.29, 1.82) is 0 Å². The van der Waals surface area contributed by atoms with Gasteiger partial charge < -0.3 is 10.2 Å². The zero-order chi connectivity index (χ0) is 13.0. The van der Waals surface area contributed by atoms with Gasteiger partial charge in [-0.2, -0.15) is 0 Å². The number of hydrogen-bond acceptors (Lipinski definition) is 4. The van der Waals surface area contributed by atoms with E-state index in [-0.39, 0.29) is 11.9 Å². The van der Waals surface area contributed by atoms with Crippen LogP contribution >= 0.6 is 0 Å². The predicted molar refractivity (Wildman–Crippen MR) is 70.7 cm³/mol. The number of rotatable bonds is 4.